The van der Waals surface area contributed by atoms with E-state index in [-0.39, 0.29) is 29.2 Å². The van der Waals surface area contributed by atoms with Crippen LogP contribution in [0.15, 0.2) is 35.1 Å². The van der Waals surface area contributed by atoms with Gasteiger partial charge in [-0.05, 0) is 50.0 Å². The number of amides is 1. The van der Waals surface area contributed by atoms with E-state index in [1.54, 1.807) is 6.07 Å². The van der Waals surface area contributed by atoms with E-state index in [4.69, 9.17) is 0 Å². The van der Waals surface area contributed by atoms with Crippen LogP contribution in [-0.2, 0) is 16.1 Å². The topological polar surface area (TPSA) is 79.6 Å². The fourth-order valence-electron chi connectivity index (χ4n) is 6.76. The minimum Gasteiger partial charge on any atom is -0.389 e. The van der Waals surface area contributed by atoms with E-state index in [9.17, 15) is 19.5 Å². The summed E-state index contributed by atoms with van der Waals surface area (Å²) in [6.07, 6.45) is 15.9. The maximum atomic E-state index is 12.9. The van der Waals surface area contributed by atoms with Gasteiger partial charge in [0, 0.05) is 56.1 Å². The van der Waals surface area contributed by atoms with Crippen molar-refractivity contribution in [3.8, 4) is 0 Å². The summed E-state index contributed by atoms with van der Waals surface area (Å²) in [7, 11) is 0. The molecule has 1 aromatic rings. The highest BCUT2D eigenvalue weighted by Crippen LogP contribution is 2.36. The zero-order valence-corrected chi connectivity index (χ0v) is 22.7. The van der Waals surface area contributed by atoms with E-state index in [0.29, 0.717) is 24.5 Å². The Balaban J connectivity index is 1.14. The van der Waals surface area contributed by atoms with Crippen molar-refractivity contribution in [2.45, 2.75) is 109 Å². The van der Waals surface area contributed by atoms with Crippen LogP contribution in [-0.4, -0.2) is 45.5 Å². The zero-order valence-electron chi connectivity index (χ0n) is 22.7. The van der Waals surface area contributed by atoms with Crippen molar-refractivity contribution in [2.24, 2.45) is 17.8 Å². The SMILES string of the molecule is CCCCC[C@H](O)/C=C/[C@H]1CCC(=O)[C@@H]1CCCCCCC(=O)N1C[C@@H]2C[C@H](C1)c1cccc(=O)n1C2. The van der Waals surface area contributed by atoms with Crippen molar-refractivity contribution in [1.82, 2.24) is 9.47 Å². The average molecular weight is 511 g/mol. The summed E-state index contributed by atoms with van der Waals surface area (Å²) in [6, 6.07) is 5.51. The highest BCUT2D eigenvalue weighted by molar-refractivity contribution is 5.83. The van der Waals surface area contributed by atoms with Crippen LogP contribution in [0.5, 0.6) is 0 Å². The van der Waals surface area contributed by atoms with Gasteiger partial charge in [-0.2, -0.15) is 0 Å². The number of aliphatic hydroxyl groups excluding tert-OH is 1. The second kappa shape index (κ2) is 13.5. The number of carbonyl (C=O) groups excluding carboxylic acids is 2. The van der Waals surface area contributed by atoms with Crippen LogP contribution in [0.25, 0.3) is 0 Å². The quantitative estimate of drug-likeness (QED) is 0.291. The average Bonchev–Trinajstić information content (AvgIpc) is 3.24. The number of pyridine rings is 1. The molecule has 3 aliphatic rings. The third kappa shape index (κ3) is 7.43. The molecule has 6 nitrogen and oxygen atoms in total. The molecule has 2 aliphatic heterocycles. The Kier molecular flexibility index (Phi) is 10.2. The molecule has 1 saturated heterocycles. The standard InChI is InChI=1S/C31H46N2O4/c1-2-3-6-10-26(34)17-15-24-16-18-29(35)27(24)11-7-4-5-8-13-30(36)32-20-23-19-25(22-32)28-12-9-14-31(37)33(28)21-23/h9,12,14-15,17,23-27,34H,2-8,10-11,13,16,18-22H2,1H3/b17-15+/t23-,24-,25+,26-,27+/m0/s1. The lowest BCUT2D eigenvalue weighted by molar-refractivity contribution is -0.134. The highest BCUT2D eigenvalue weighted by Gasteiger charge is 2.36. The molecule has 2 bridgehead atoms. The molecular formula is C31H46N2O4. The van der Waals surface area contributed by atoms with Crippen molar-refractivity contribution < 1.29 is 14.7 Å². The zero-order chi connectivity index (χ0) is 26.2. The van der Waals surface area contributed by atoms with Crippen LogP contribution < -0.4 is 5.56 Å². The summed E-state index contributed by atoms with van der Waals surface area (Å²) in [4.78, 5) is 39.6. The van der Waals surface area contributed by atoms with Gasteiger partial charge in [0.2, 0.25) is 5.91 Å². The molecule has 0 radical (unpaired) electrons. The summed E-state index contributed by atoms with van der Waals surface area (Å²) in [5.41, 5.74) is 1.16. The van der Waals surface area contributed by atoms with E-state index >= 15 is 0 Å². The lowest BCUT2D eigenvalue weighted by atomic mass is 9.83. The molecule has 2 fully saturated rings. The number of ketones is 1. The van der Waals surface area contributed by atoms with Crippen molar-refractivity contribution in [2.75, 3.05) is 13.1 Å². The smallest absolute Gasteiger partial charge is 0.250 e. The molecule has 0 unspecified atom stereocenters. The van der Waals surface area contributed by atoms with Crippen LogP contribution in [0.3, 0.4) is 0 Å². The Labute approximate surface area is 222 Å². The number of rotatable bonds is 13. The summed E-state index contributed by atoms with van der Waals surface area (Å²) in [5.74, 6) is 1.64. The molecule has 4 rings (SSSR count). The van der Waals surface area contributed by atoms with Crippen molar-refractivity contribution in [1.29, 1.82) is 0 Å². The van der Waals surface area contributed by atoms with Gasteiger partial charge < -0.3 is 14.6 Å². The molecular weight excluding hydrogens is 464 g/mol. The summed E-state index contributed by atoms with van der Waals surface area (Å²) in [6.45, 7) is 4.38. The number of nitrogens with zero attached hydrogens (tertiary/aromatic N) is 2. The molecule has 3 heterocycles. The first-order valence-corrected chi connectivity index (χ1v) is 14.8. The number of fused-ring (bicyclic) bond motifs is 4. The third-order valence-electron chi connectivity index (χ3n) is 8.83. The second-order valence-corrected chi connectivity index (χ2v) is 11.7. The van der Waals surface area contributed by atoms with Gasteiger partial charge in [-0.3, -0.25) is 14.4 Å². The van der Waals surface area contributed by atoms with Crippen LogP contribution in [0.2, 0.25) is 0 Å². The van der Waals surface area contributed by atoms with Gasteiger partial charge in [0.1, 0.15) is 5.78 Å². The van der Waals surface area contributed by atoms with Gasteiger partial charge in [0.05, 0.1) is 6.10 Å². The molecule has 0 aromatic carbocycles. The second-order valence-electron chi connectivity index (χ2n) is 11.7. The first-order valence-electron chi connectivity index (χ1n) is 14.8. The number of allylic oxidation sites excluding steroid dienone is 1. The van der Waals surface area contributed by atoms with Crippen LogP contribution in [0.4, 0.5) is 0 Å². The van der Waals surface area contributed by atoms with Crippen molar-refractivity contribution in [3.05, 3.63) is 46.4 Å². The van der Waals surface area contributed by atoms with Crippen molar-refractivity contribution >= 4 is 11.7 Å². The van der Waals surface area contributed by atoms with Gasteiger partial charge in [-0.15, -0.1) is 0 Å². The molecule has 1 N–H and O–H groups in total. The molecule has 1 aromatic heterocycles. The van der Waals surface area contributed by atoms with E-state index in [1.807, 2.05) is 27.7 Å². The van der Waals surface area contributed by atoms with Crippen molar-refractivity contribution in [3.63, 3.8) is 0 Å². The molecule has 37 heavy (non-hydrogen) atoms. The largest absolute Gasteiger partial charge is 0.389 e. The Bertz CT molecular complexity index is 999. The number of hydrogen-bond donors (Lipinski definition) is 1. The van der Waals surface area contributed by atoms with E-state index in [2.05, 4.69) is 13.0 Å². The normalized spacial score (nSPS) is 26.0. The van der Waals surface area contributed by atoms with Gasteiger partial charge in [0.15, 0.2) is 0 Å². The van der Waals surface area contributed by atoms with Crippen LogP contribution in [0.1, 0.15) is 102 Å². The minimum absolute atomic E-state index is 0.0774. The van der Waals surface area contributed by atoms with Gasteiger partial charge >= 0.3 is 0 Å². The number of Topliss-reactive ketones (excluding diaryl/α,β-unsaturated/α-hetero) is 1. The Morgan fingerprint density at radius 2 is 1.92 bits per heavy atom. The molecule has 1 aliphatic carbocycles. The van der Waals surface area contributed by atoms with E-state index in [0.717, 1.165) is 96.0 Å². The number of aromatic nitrogens is 1. The monoisotopic (exact) mass is 510 g/mol. The van der Waals surface area contributed by atoms with Gasteiger partial charge in [0.25, 0.3) is 5.56 Å². The van der Waals surface area contributed by atoms with Gasteiger partial charge in [-0.1, -0.05) is 63.7 Å². The summed E-state index contributed by atoms with van der Waals surface area (Å²) >= 11 is 0. The predicted molar refractivity (Wildman–Crippen MR) is 146 cm³/mol. The number of piperidine rings is 1. The predicted octanol–water partition coefficient (Wildman–Crippen LogP) is 5.23. The fraction of sp³-hybridized carbons (Fsp3) is 0.710. The maximum absolute atomic E-state index is 12.9. The highest BCUT2D eigenvalue weighted by atomic mass is 16.3. The lowest BCUT2D eigenvalue weighted by Gasteiger charge is -2.42. The lowest BCUT2D eigenvalue weighted by Crippen LogP contribution is -2.49. The van der Waals surface area contributed by atoms with E-state index in [1.165, 1.54) is 0 Å². The number of carbonyl (C=O) groups is 2. The Morgan fingerprint density at radius 3 is 2.76 bits per heavy atom. The summed E-state index contributed by atoms with van der Waals surface area (Å²) in [5, 5.41) is 10.2. The molecule has 5 atom stereocenters. The molecule has 204 valence electrons. The molecule has 1 saturated carbocycles. The minimum atomic E-state index is -0.391. The van der Waals surface area contributed by atoms with Crippen LogP contribution in [0, 0.1) is 17.8 Å². The number of aliphatic hydroxyl groups is 1. The Morgan fingerprint density at radius 1 is 1.08 bits per heavy atom. The van der Waals surface area contributed by atoms with Crippen LogP contribution >= 0.6 is 0 Å². The molecule has 1 amide bonds. The van der Waals surface area contributed by atoms with E-state index < -0.39 is 6.10 Å². The third-order valence-corrected chi connectivity index (χ3v) is 8.83. The Hall–Kier alpha value is -2.21. The fourth-order valence-corrected chi connectivity index (χ4v) is 6.76. The molecule has 0 spiro atoms. The first-order chi connectivity index (χ1) is 18.0. The number of likely N-dealkylation sites (tertiary alicyclic amines) is 1. The van der Waals surface area contributed by atoms with Gasteiger partial charge in [-0.25, -0.2) is 0 Å². The molecule has 6 heteroatoms. The number of hydrogen-bond acceptors (Lipinski definition) is 4. The number of unbranched alkanes of at least 4 members (excludes halogenated alkanes) is 5. The maximum Gasteiger partial charge on any atom is 0.250 e. The summed E-state index contributed by atoms with van der Waals surface area (Å²) < 4.78 is 1.91. The first kappa shape index (κ1) is 27.8.